The maximum absolute atomic E-state index is 10.9. The number of carboxylic acid groups (broad SMARTS) is 1. The zero-order chi connectivity index (χ0) is 15.2. The van der Waals surface area contributed by atoms with E-state index in [1.165, 1.54) is 6.92 Å². The van der Waals surface area contributed by atoms with E-state index >= 15 is 0 Å². The molecule has 0 saturated carbocycles. The maximum Gasteiger partial charge on any atom is 0.335 e. The normalized spacial score (nSPS) is 10.1. The number of thioether (sulfide) groups is 1. The number of anilines is 1. The first-order valence-corrected chi connectivity index (χ1v) is 7.36. The third kappa shape index (κ3) is 4.65. The average Bonchev–Trinajstić information content (AvgIpc) is 2.46. The third-order valence-corrected chi connectivity index (χ3v) is 3.84. The fourth-order valence-electron chi connectivity index (χ4n) is 1.80. The number of aromatic carboxylic acids is 1. The largest absolute Gasteiger partial charge is 0.478 e. The van der Waals surface area contributed by atoms with Gasteiger partial charge in [0.1, 0.15) is 0 Å². The summed E-state index contributed by atoms with van der Waals surface area (Å²) in [7, 11) is 0. The van der Waals surface area contributed by atoms with Gasteiger partial charge in [-0.05, 0) is 42.0 Å². The molecule has 0 heterocycles. The van der Waals surface area contributed by atoms with Gasteiger partial charge in [0, 0.05) is 23.3 Å². The lowest BCUT2D eigenvalue weighted by Gasteiger charge is -2.05. The summed E-state index contributed by atoms with van der Waals surface area (Å²) >= 11 is 1.62. The molecule has 0 saturated heterocycles. The minimum atomic E-state index is -0.915. The van der Waals surface area contributed by atoms with Crippen molar-refractivity contribution < 1.29 is 14.7 Å². The SMILES string of the molecule is CC(=O)Nc1ccc(SCc2cccc(C(=O)O)c2)cc1. The summed E-state index contributed by atoms with van der Waals surface area (Å²) < 4.78 is 0. The van der Waals surface area contributed by atoms with Gasteiger partial charge in [0.2, 0.25) is 5.91 Å². The van der Waals surface area contributed by atoms with Crippen LogP contribution in [0.4, 0.5) is 5.69 Å². The summed E-state index contributed by atoms with van der Waals surface area (Å²) in [6.45, 7) is 1.47. The molecular formula is C16H15NO3S. The highest BCUT2D eigenvalue weighted by Gasteiger charge is 2.04. The molecule has 2 rings (SSSR count). The molecule has 108 valence electrons. The van der Waals surface area contributed by atoms with E-state index in [4.69, 9.17) is 5.11 Å². The highest BCUT2D eigenvalue weighted by molar-refractivity contribution is 7.98. The molecule has 0 spiro atoms. The Morgan fingerprint density at radius 2 is 1.86 bits per heavy atom. The lowest BCUT2D eigenvalue weighted by molar-refractivity contribution is -0.114. The van der Waals surface area contributed by atoms with E-state index < -0.39 is 5.97 Å². The Morgan fingerprint density at radius 1 is 1.14 bits per heavy atom. The second kappa shape index (κ2) is 6.95. The van der Waals surface area contributed by atoms with Crippen molar-refractivity contribution in [2.24, 2.45) is 0 Å². The van der Waals surface area contributed by atoms with Crippen LogP contribution in [0.3, 0.4) is 0 Å². The van der Waals surface area contributed by atoms with E-state index in [0.29, 0.717) is 11.3 Å². The molecule has 2 aromatic carbocycles. The van der Waals surface area contributed by atoms with Crippen molar-refractivity contribution in [3.63, 3.8) is 0 Å². The van der Waals surface area contributed by atoms with Crippen molar-refractivity contribution in [3.05, 3.63) is 59.7 Å². The predicted octanol–water partition coefficient (Wildman–Crippen LogP) is 3.64. The number of benzene rings is 2. The first-order chi connectivity index (χ1) is 10.0. The lowest BCUT2D eigenvalue weighted by atomic mass is 10.1. The minimum absolute atomic E-state index is 0.0964. The molecule has 0 aliphatic heterocycles. The number of carbonyl (C=O) groups is 2. The number of carboxylic acids is 1. The lowest BCUT2D eigenvalue weighted by Crippen LogP contribution is -2.05. The summed E-state index contributed by atoms with van der Waals surface area (Å²) in [5.74, 6) is -0.317. The highest BCUT2D eigenvalue weighted by Crippen LogP contribution is 2.24. The molecule has 0 aromatic heterocycles. The van der Waals surface area contributed by atoms with Crippen LogP contribution >= 0.6 is 11.8 Å². The number of rotatable bonds is 5. The fourth-order valence-corrected chi connectivity index (χ4v) is 2.64. The Hall–Kier alpha value is -2.27. The van der Waals surface area contributed by atoms with Gasteiger partial charge in [0.05, 0.1) is 5.56 Å². The van der Waals surface area contributed by atoms with Crippen LogP contribution in [-0.4, -0.2) is 17.0 Å². The predicted molar refractivity (Wildman–Crippen MR) is 83.7 cm³/mol. The van der Waals surface area contributed by atoms with Crippen molar-refractivity contribution in [2.75, 3.05) is 5.32 Å². The highest BCUT2D eigenvalue weighted by atomic mass is 32.2. The summed E-state index contributed by atoms with van der Waals surface area (Å²) in [6.07, 6.45) is 0. The van der Waals surface area contributed by atoms with Gasteiger partial charge in [-0.3, -0.25) is 4.79 Å². The van der Waals surface area contributed by atoms with Crippen LogP contribution in [0.2, 0.25) is 0 Å². The first-order valence-electron chi connectivity index (χ1n) is 6.37. The number of nitrogens with one attached hydrogen (secondary N) is 1. The van der Waals surface area contributed by atoms with Gasteiger partial charge >= 0.3 is 5.97 Å². The summed E-state index contributed by atoms with van der Waals surface area (Å²) in [5.41, 5.74) is 2.03. The number of hydrogen-bond acceptors (Lipinski definition) is 3. The molecule has 0 fully saturated rings. The molecule has 0 atom stereocenters. The Balaban J connectivity index is 1.98. The average molecular weight is 301 g/mol. The molecule has 0 aliphatic carbocycles. The molecule has 0 radical (unpaired) electrons. The van der Waals surface area contributed by atoms with Crippen LogP contribution in [0.25, 0.3) is 0 Å². The zero-order valence-corrected chi connectivity index (χ0v) is 12.3. The second-order valence-corrected chi connectivity index (χ2v) is 5.55. The van der Waals surface area contributed by atoms with Gasteiger partial charge in [-0.1, -0.05) is 12.1 Å². The standard InChI is InChI=1S/C16H15NO3S/c1-11(18)17-14-5-7-15(8-6-14)21-10-12-3-2-4-13(9-12)16(19)20/h2-9H,10H2,1H3,(H,17,18)(H,19,20). The Labute approximate surface area is 127 Å². The van der Waals surface area contributed by atoms with E-state index in [9.17, 15) is 9.59 Å². The first kappa shape index (κ1) is 15.1. The van der Waals surface area contributed by atoms with Gasteiger partial charge in [-0.2, -0.15) is 0 Å². The van der Waals surface area contributed by atoms with Gasteiger partial charge < -0.3 is 10.4 Å². The fraction of sp³-hybridized carbons (Fsp3) is 0.125. The Bertz CT molecular complexity index is 653. The molecule has 5 heteroatoms. The Morgan fingerprint density at radius 3 is 2.48 bits per heavy atom. The molecule has 0 unspecified atom stereocenters. The molecular weight excluding hydrogens is 286 g/mol. The number of hydrogen-bond donors (Lipinski definition) is 2. The monoisotopic (exact) mass is 301 g/mol. The quantitative estimate of drug-likeness (QED) is 0.828. The van der Waals surface area contributed by atoms with E-state index in [-0.39, 0.29) is 5.91 Å². The second-order valence-electron chi connectivity index (χ2n) is 4.50. The molecule has 0 bridgehead atoms. The van der Waals surface area contributed by atoms with Gasteiger partial charge in [-0.15, -0.1) is 11.8 Å². The van der Waals surface area contributed by atoms with Crippen molar-refractivity contribution >= 4 is 29.3 Å². The number of amides is 1. The van der Waals surface area contributed by atoms with E-state index in [2.05, 4.69) is 5.32 Å². The van der Waals surface area contributed by atoms with Gasteiger partial charge in [0.25, 0.3) is 0 Å². The zero-order valence-electron chi connectivity index (χ0n) is 11.5. The van der Waals surface area contributed by atoms with Crippen LogP contribution in [0, 0.1) is 0 Å². The third-order valence-electron chi connectivity index (χ3n) is 2.75. The van der Waals surface area contributed by atoms with Crippen molar-refractivity contribution in [1.82, 2.24) is 0 Å². The van der Waals surface area contributed by atoms with Gasteiger partial charge in [-0.25, -0.2) is 4.79 Å². The Kier molecular flexibility index (Phi) is 5.00. The number of carbonyl (C=O) groups excluding carboxylic acids is 1. The maximum atomic E-state index is 10.9. The summed E-state index contributed by atoms with van der Waals surface area (Å²) in [4.78, 5) is 22.9. The van der Waals surface area contributed by atoms with E-state index in [1.54, 1.807) is 30.0 Å². The summed E-state index contributed by atoms with van der Waals surface area (Å²) in [6, 6.07) is 14.5. The van der Waals surface area contributed by atoms with Crippen molar-refractivity contribution in [3.8, 4) is 0 Å². The van der Waals surface area contributed by atoms with Crippen LogP contribution < -0.4 is 5.32 Å². The van der Waals surface area contributed by atoms with Crippen molar-refractivity contribution in [2.45, 2.75) is 17.6 Å². The smallest absolute Gasteiger partial charge is 0.335 e. The van der Waals surface area contributed by atoms with E-state index in [1.807, 2.05) is 30.3 Å². The molecule has 0 aliphatic rings. The van der Waals surface area contributed by atoms with Gasteiger partial charge in [0.15, 0.2) is 0 Å². The molecule has 21 heavy (non-hydrogen) atoms. The van der Waals surface area contributed by atoms with Crippen LogP contribution in [0.15, 0.2) is 53.4 Å². The van der Waals surface area contributed by atoms with Crippen molar-refractivity contribution in [1.29, 1.82) is 0 Å². The summed E-state index contributed by atoms with van der Waals surface area (Å²) in [5, 5.41) is 11.7. The molecule has 1 amide bonds. The molecule has 2 N–H and O–H groups in total. The topological polar surface area (TPSA) is 66.4 Å². The molecule has 4 nitrogen and oxygen atoms in total. The minimum Gasteiger partial charge on any atom is -0.478 e. The van der Waals surface area contributed by atoms with E-state index in [0.717, 1.165) is 16.1 Å². The van der Waals surface area contributed by atoms with Crippen LogP contribution in [0.1, 0.15) is 22.8 Å². The van der Waals surface area contributed by atoms with Crippen LogP contribution in [-0.2, 0) is 10.5 Å². The molecule has 2 aromatic rings. The van der Waals surface area contributed by atoms with Crippen LogP contribution in [0.5, 0.6) is 0 Å².